The van der Waals surface area contributed by atoms with Gasteiger partial charge in [-0.15, -0.1) is 0 Å². The van der Waals surface area contributed by atoms with Gasteiger partial charge in [-0.25, -0.2) is 15.2 Å². The SMILES string of the molecule is CSC(C)(C)CNc1nc(NN)ncc1F. The van der Waals surface area contributed by atoms with E-state index >= 15 is 0 Å². The number of hydrogen-bond acceptors (Lipinski definition) is 6. The van der Waals surface area contributed by atoms with E-state index in [1.165, 1.54) is 0 Å². The minimum atomic E-state index is -0.490. The highest BCUT2D eigenvalue weighted by atomic mass is 32.2. The van der Waals surface area contributed by atoms with Crippen molar-refractivity contribution in [1.29, 1.82) is 0 Å². The van der Waals surface area contributed by atoms with Gasteiger partial charge in [0.2, 0.25) is 5.95 Å². The molecule has 0 aliphatic rings. The zero-order valence-corrected chi connectivity index (χ0v) is 10.4. The van der Waals surface area contributed by atoms with Crippen molar-refractivity contribution < 1.29 is 4.39 Å². The standard InChI is InChI=1S/C9H16FN5S/c1-9(2,16-3)5-13-7-6(10)4-12-8(14-7)15-11/h4H,5,11H2,1-3H3,(H2,12,13,14,15). The molecule has 1 rings (SSSR count). The van der Waals surface area contributed by atoms with E-state index in [2.05, 4.69) is 34.6 Å². The summed E-state index contributed by atoms with van der Waals surface area (Å²) in [7, 11) is 0. The third-order valence-electron chi connectivity index (χ3n) is 2.11. The summed E-state index contributed by atoms with van der Waals surface area (Å²) in [4.78, 5) is 7.54. The van der Waals surface area contributed by atoms with Crippen LogP contribution in [0.15, 0.2) is 6.20 Å². The second kappa shape index (κ2) is 5.31. The molecule has 90 valence electrons. The van der Waals surface area contributed by atoms with Crippen LogP contribution in [0.3, 0.4) is 0 Å². The van der Waals surface area contributed by atoms with Crippen molar-refractivity contribution in [3.8, 4) is 0 Å². The quantitative estimate of drug-likeness (QED) is 0.538. The van der Waals surface area contributed by atoms with Gasteiger partial charge in [0.15, 0.2) is 11.6 Å². The van der Waals surface area contributed by atoms with Gasteiger partial charge in [0.05, 0.1) is 6.20 Å². The predicted octanol–water partition coefficient (Wildman–Crippen LogP) is 1.45. The molecular weight excluding hydrogens is 229 g/mol. The Bertz CT molecular complexity index is 358. The molecule has 0 amide bonds. The van der Waals surface area contributed by atoms with Gasteiger partial charge >= 0.3 is 0 Å². The Labute approximate surface area is 98.4 Å². The van der Waals surface area contributed by atoms with Crippen LogP contribution in [0.4, 0.5) is 16.2 Å². The third-order valence-corrected chi connectivity index (χ3v) is 3.36. The Balaban J connectivity index is 2.73. The van der Waals surface area contributed by atoms with Gasteiger partial charge in [-0.05, 0) is 20.1 Å². The molecule has 0 fully saturated rings. The number of anilines is 2. The average molecular weight is 245 g/mol. The minimum absolute atomic E-state index is 0.00764. The summed E-state index contributed by atoms with van der Waals surface area (Å²) in [6.45, 7) is 4.73. The summed E-state index contributed by atoms with van der Waals surface area (Å²) in [6, 6.07) is 0. The van der Waals surface area contributed by atoms with Gasteiger partial charge in [-0.2, -0.15) is 16.7 Å². The smallest absolute Gasteiger partial charge is 0.239 e. The summed E-state index contributed by atoms with van der Waals surface area (Å²) in [5.74, 6) is 5.00. The maximum atomic E-state index is 13.3. The van der Waals surface area contributed by atoms with Gasteiger partial charge in [-0.3, -0.25) is 5.43 Å². The van der Waals surface area contributed by atoms with Crippen LogP contribution < -0.4 is 16.6 Å². The lowest BCUT2D eigenvalue weighted by Gasteiger charge is -2.22. The van der Waals surface area contributed by atoms with Crippen LogP contribution in [0.2, 0.25) is 0 Å². The first-order valence-electron chi connectivity index (χ1n) is 4.76. The molecule has 7 heteroatoms. The summed E-state index contributed by atoms with van der Waals surface area (Å²) in [6.07, 6.45) is 3.08. The van der Waals surface area contributed by atoms with E-state index in [1.54, 1.807) is 11.8 Å². The van der Waals surface area contributed by atoms with Crippen LogP contribution >= 0.6 is 11.8 Å². The second-order valence-corrected chi connectivity index (χ2v) is 5.37. The summed E-state index contributed by atoms with van der Waals surface area (Å²) < 4.78 is 13.3. The van der Waals surface area contributed by atoms with Crippen molar-refractivity contribution in [2.45, 2.75) is 18.6 Å². The van der Waals surface area contributed by atoms with Crippen LogP contribution in [-0.4, -0.2) is 27.5 Å². The topological polar surface area (TPSA) is 75.9 Å². The number of hydrogen-bond donors (Lipinski definition) is 3. The number of aromatic nitrogens is 2. The Morgan fingerprint density at radius 1 is 1.56 bits per heavy atom. The van der Waals surface area contributed by atoms with Crippen LogP contribution in [-0.2, 0) is 0 Å². The molecule has 0 aliphatic carbocycles. The van der Waals surface area contributed by atoms with E-state index in [1.807, 2.05) is 6.26 Å². The zero-order valence-electron chi connectivity index (χ0n) is 9.54. The summed E-state index contributed by atoms with van der Waals surface area (Å²) in [5.41, 5.74) is 2.27. The highest BCUT2D eigenvalue weighted by molar-refractivity contribution is 7.99. The number of thioether (sulfide) groups is 1. The average Bonchev–Trinajstić information content (AvgIpc) is 2.28. The van der Waals surface area contributed by atoms with E-state index in [0.717, 1.165) is 6.20 Å². The molecular formula is C9H16FN5S. The largest absolute Gasteiger partial charge is 0.366 e. The lowest BCUT2D eigenvalue weighted by Crippen LogP contribution is -2.27. The van der Waals surface area contributed by atoms with Gasteiger partial charge in [-0.1, -0.05) is 0 Å². The number of hydrazine groups is 1. The highest BCUT2D eigenvalue weighted by Gasteiger charge is 2.17. The van der Waals surface area contributed by atoms with Crippen LogP contribution in [0, 0.1) is 5.82 Å². The molecule has 0 spiro atoms. The molecule has 0 atom stereocenters. The summed E-state index contributed by atoms with van der Waals surface area (Å²) in [5, 5.41) is 2.94. The maximum Gasteiger partial charge on any atom is 0.239 e. The molecule has 0 saturated heterocycles. The highest BCUT2D eigenvalue weighted by Crippen LogP contribution is 2.22. The molecule has 0 radical (unpaired) electrons. The number of rotatable bonds is 5. The number of halogens is 1. The fourth-order valence-corrected chi connectivity index (χ4v) is 1.15. The monoisotopic (exact) mass is 245 g/mol. The van der Waals surface area contributed by atoms with E-state index < -0.39 is 5.82 Å². The van der Waals surface area contributed by atoms with Gasteiger partial charge in [0, 0.05) is 11.3 Å². The van der Waals surface area contributed by atoms with Gasteiger partial charge in [0.1, 0.15) is 0 Å². The van der Waals surface area contributed by atoms with Crippen LogP contribution in [0.5, 0.6) is 0 Å². The molecule has 0 aliphatic heterocycles. The molecule has 0 aromatic carbocycles. The van der Waals surface area contributed by atoms with Crippen LogP contribution in [0.1, 0.15) is 13.8 Å². The molecule has 0 saturated carbocycles. The molecule has 1 aromatic heterocycles. The number of nitrogens with one attached hydrogen (secondary N) is 2. The first kappa shape index (κ1) is 13.0. The van der Waals surface area contributed by atoms with Crippen molar-refractivity contribution in [2.75, 3.05) is 23.5 Å². The third kappa shape index (κ3) is 3.49. The van der Waals surface area contributed by atoms with Crippen molar-refractivity contribution in [1.82, 2.24) is 9.97 Å². The van der Waals surface area contributed by atoms with Crippen molar-refractivity contribution in [3.63, 3.8) is 0 Å². The molecule has 1 heterocycles. The molecule has 5 nitrogen and oxygen atoms in total. The fourth-order valence-electron chi connectivity index (χ4n) is 0.929. The predicted molar refractivity (Wildman–Crippen MR) is 65.9 cm³/mol. The molecule has 0 unspecified atom stereocenters. The summed E-state index contributed by atoms with van der Waals surface area (Å²) >= 11 is 1.69. The second-order valence-electron chi connectivity index (χ2n) is 3.85. The Hall–Kier alpha value is -1.08. The molecule has 16 heavy (non-hydrogen) atoms. The Morgan fingerprint density at radius 2 is 2.25 bits per heavy atom. The van der Waals surface area contributed by atoms with E-state index in [9.17, 15) is 4.39 Å². The Morgan fingerprint density at radius 3 is 2.81 bits per heavy atom. The first-order chi connectivity index (χ1) is 7.48. The Kier molecular flexibility index (Phi) is 4.31. The van der Waals surface area contributed by atoms with Crippen molar-refractivity contribution >= 4 is 23.5 Å². The normalized spacial score (nSPS) is 11.3. The van der Waals surface area contributed by atoms with Gasteiger partial charge < -0.3 is 5.32 Å². The number of nitrogen functional groups attached to an aromatic ring is 1. The number of nitrogens with two attached hydrogens (primary N) is 1. The molecule has 0 bridgehead atoms. The maximum absolute atomic E-state index is 13.3. The van der Waals surface area contributed by atoms with Gasteiger partial charge in [0.25, 0.3) is 0 Å². The van der Waals surface area contributed by atoms with Crippen molar-refractivity contribution in [3.05, 3.63) is 12.0 Å². The lowest BCUT2D eigenvalue weighted by molar-refractivity contribution is 0.614. The van der Waals surface area contributed by atoms with Crippen molar-refractivity contribution in [2.24, 2.45) is 5.84 Å². The number of nitrogens with zero attached hydrogens (tertiary/aromatic N) is 2. The fraction of sp³-hybridized carbons (Fsp3) is 0.556. The van der Waals surface area contributed by atoms with Crippen LogP contribution in [0.25, 0.3) is 0 Å². The van der Waals surface area contributed by atoms with E-state index in [0.29, 0.717) is 6.54 Å². The molecule has 4 N–H and O–H groups in total. The molecule has 1 aromatic rings. The van der Waals surface area contributed by atoms with E-state index in [4.69, 9.17) is 5.84 Å². The zero-order chi connectivity index (χ0) is 12.2. The first-order valence-corrected chi connectivity index (χ1v) is 5.99. The minimum Gasteiger partial charge on any atom is -0.366 e. The van der Waals surface area contributed by atoms with E-state index in [-0.39, 0.29) is 16.5 Å². The lowest BCUT2D eigenvalue weighted by atomic mass is 10.2.